The highest BCUT2D eigenvalue weighted by Gasteiger charge is 2.23. The number of ketones is 1. The average Bonchev–Trinajstić information content (AvgIpc) is 3.29. The van der Waals surface area contributed by atoms with E-state index < -0.39 is 11.7 Å². The maximum Gasteiger partial charge on any atom is 0.298 e. The first kappa shape index (κ1) is 18.4. The quantitative estimate of drug-likeness (QED) is 0.213. The monoisotopic (exact) mass is 408 g/mol. The van der Waals surface area contributed by atoms with Crippen LogP contribution in [0.15, 0.2) is 58.9 Å². The van der Waals surface area contributed by atoms with Crippen molar-refractivity contribution in [1.82, 2.24) is 15.2 Å². The Morgan fingerprint density at radius 3 is 2.64 bits per heavy atom. The summed E-state index contributed by atoms with van der Waals surface area (Å²) in [6, 6.07) is 17.4. The highest BCUT2D eigenvalue weighted by molar-refractivity contribution is 8.00. The number of rotatable bonds is 6. The zero-order valence-corrected chi connectivity index (χ0v) is 16.6. The van der Waals surface area contributed by atoms with Gasteiger partial charge >= 0.3 is 0 Å². The molecule has 0 spiro atoms. The van der Waals surface area contributed by atoms with Crippen molar-refractivity contribution >= 4 is 50.8 Å². The molecule has 28 heavy (non-hydrogen) atoms. The highest BCUT2D eigenvalue weighted by atomic mass is 32.2. The van der Waals surface area contributed by atoms with Gasteiger partial charge in [-0.15, -0.1) is 10.2 Å². The Bertz CT molecular complexity index is 1150. The predicted octanol–water partition coefficient (Wildman–Crippen LogP) is 4.44. The SMILES string of the molecule is Cc1[nH]c2ccccc2c1C(=O)C(=O)Nc1nnc(SCc2ccccc2)s1. The van der Waals surface area contributed by atoms with Crippen molar-refractivity contribution in [3.8, 4) is 0 Å². The van der Waals surface area contributed by atoms with E-state index in [1.165, 1.54) is 28.7 Å². The molecular weight excluding hydrogens is 392 g/mol. The van der Waals surface area contributed by atoms with E-state index >= 15 is 0 Å². The van der Waals surface area contributed by atoms with Crippen LogP contribution in [0.3, 0.4) is 0 Å². The lowest BCUT2D eigenvalue weighted by Gasteiger charge is -2.01. The van der Waals surface area contributed by atoms with Crippen LogP contribution in [0.25, 0.3) is 10.9 Å². The second kappa shape index (κ2) is 7.95. The topological polar surface area (TPSA) is 87.7 Å². The molecule has 140 valence electrons. The second-order valence-electron chi connectivity index (χ2n) is 6.10. The third-order valence-corrected chi connectivity index (χ3v) is 6.20. The Labute approximate surface area is 169 Å². The molecule has 0 atom stereocenters. The Kier molecular flexibility index (Phi) is 5.23. The number of benzene rings is 2. The number of para-hydroxylation sites is 1. The summed E-state index contributed by atoms with van der Waals surface area (Å²) >= 11 is 2.79. The fraction of sp³-hybridized carbons (Fsp3) is 0.100. The van der Waals surface area contributed by atoms with Crippen molar-refractivity contribution in [3.63, 3.8) is 0 Å². The molecule has 2 N–H and O–H groups in total. The zero-order chi connectivity index (χ0) is 19.5. The fourth-order valence-corrected chi connectivity index (χ4v) is 4.58. The molecule has 2 aromatic carbocycles. The molecule has 0 aliphatic carbocycles. The molecule has 1 amide bonds. The van der Waals surface area contributed by atoms with Crippen molar-refractivity contribution < 1.29 is 9.59 Å². The average molecular weight is 409 g/mol. The number of aromatic nitrogens is 3. The number of aryl methyl sites for hydroxylation is 1. The summed E-state index contributed by atoms with van der Waals surface area (Å²) in [4.78, 5) is 28.3. The van der Waals surface area contributed by atoms with E-state index in [-0.39, 0.29) is 0 Å². The molecule has 8 heteroatoms. The maximum atomic E-state index is 12.7. The number of hydrogen-bond donors (Lipinski definition) is 2. The van der Waals surface area contributed by atoms with Gasteiger partial charge in [-0.3, -0.25) is 14.9 Å². The molecule has 0 saturated heterocycles. The number of nitrogens with one attached hydrogen (secondary N) is 2. The van der Waals surface area contributed by atoms with Crippen LogP contribution in [0.5, 0.6) is 0 Å². The Morgan fingerprint density at radius 2 is 1.82 bits per heavy atom. The van der Waals surface area contributed by atoms with Crippen molar-refractivity contribution in [1.29, 1.82) is 0 Å². The molecule has 0 saturated carbocycles. The second-order valence-corrected chi connectivity index (χ2v) is 8.30. The van der Waals surface area contributed by atoms with Gasteiger partial charge in [-0.2, -0.15) is 0 Å². The van der Waals surface area contributed by atoms with Gasteiger partial charge < -0.3 is 4.98 Å². The van der Waals surface area contributed by atoms with Gasteiger partial charge in [0.2, 0.25) is 5.13 Å². The smallest absolute Gasteiger partial charge is 0.298 e. The number of carbonyl (C=O) groups is 2. The van der Waals surface area contributed by atoms with Gasteiger partial charge in [0.05, 0.1) is 5.56 Å². The van der Waals surface area contributed by atoms with Gasteiger partial charge in [-0.1, -0.05) is 71.6 Å². The number of hydrogen-bond acceptors (Lipinski definition) is 6. The molecule has 2 heterocycles. The Hall–Kier alpha value is -2.97. The summed E-state index contributed by atoms with van der Waals surface area (Å²) in [6.07, 6.45) is 0. The number of Topliss-reactive ketones (excluding diaryl/α,β-unsaturated/α-hetero) is 1. The molecule has 4 aromatic rings. The summed E-state index contributed by atoms with van der Waals surface area (Å²) in [6.45, 7) is 1.78. The van der Waals surface area contributed by atoms with Gasteiger partial charge in [0, 0.05) is 22.3 Å². The normalized spacial score (nSPS) is 10.9. The highest BCUT2D eigenvalue weighted by Crippen LogP contribution is 2.28. The molecular formula is C20H16N4O2S2. The molecule has 0 unspecified atom stereocenters. The van der Waals surface area contributed by atoms with Gasteiger partial charge in [0.1, 0.15) is 0 Å². The third kappa shape index (κ3) is 3.83. The summed E-state index contributed by atoms with van der Waals surface area (Å²) in [5.41, 5.74) is 3.05. The minimum Gasteiger partial charge on any atom is -0.358 e. The number of anilines is 1. The number of carbonyl (C=O) groups excluding carboxylic acids is 2. The molecule has 4 rings (SSSR count). The largest absolute Gasteiger partial charge is 0.358 e. The number of H-pyrrole nitrogens is 1. The maximum absolute atomic E-state index is 12.7. The molecule has 0 aliphatic heterocycles. The first-order chi connectivity index (χ1) is 13.6. The molecule has 6 nitrogen and oxygen atoms in total. The lowest BCUT2D eigenvalue weighted by Crippen LogP contribution is -2.23. The van der Waals surface area contributed by atoms with Gasteiger partial charge in [0.15, 0.2) is 4.34 Å². The standard InChI is InChI=1S/C20H16N4O2S2/c1-12-16(14-9-5-6-10-15(14)21-12)17(25)18(26)22-19-23-24-20(28-19)27-11-13-7-3-2-4-8-13/h2-10,21H,11H2,1H3,(H,22,23,26). The number of fused-ring (bicyclic) bond motifs is 1. The minimum atomic E-state index is -0.719. The lowest BCUT2D eigenvalue weighted by atomic mass is 10.1. The number of amides is 1. The molecule has 0 radical (unpaired) electrons. The summed E-state index contributed by atoms with van der Waals surface area (Å²) in [5, 5.41) is 11.7. The zero-order valence-electron chi connectivity index (χ0n) is 14.9. The first-order valence-electron chi connectivity index (χ1n) is 8.55. The molecule has 0 bridgehead atoms. The number of aromatic amines is 1. The van der Waals surface area contributed by atoms with Crippen molar-refractivity contribution in [2.24, 2.45) is 0 Å². The molecule has 0 aliphatic rings. The van der Waals surface area contributed by atoms with E-state index in [0.717, 1.165) is 21.0 Å². The van der Waals surface area contributed by atoms with Gasteiger partial charge in [-0.25, -0.2) is 0 Å². The van der Waals surface area contributed by atoms with Crippen LogP contribution in [-0.2, 0) is 10.5 Å². The van der Waals surface area contributed by atoms with E-state index in [9.17, 15) is 9.59 Å². The first-order valence-corrected chi connectivity index (χ1v) is 10.4. The fourth-order valence-electron chi connectivity index (χ4n) is 2.87. The van der Waals surface area contributed by atoms with E-state index in [2.05, 4.69) is 20.5 Å². The van der Waals surface area contributed by atoms with Crippen LogP contribution >= 0.6 is 23.1 Å². The summed E-state index contributed by atoms with van der Waals surface area (Å²) in [5.74, 6) is -0.552. The number of nitrogens with zero attached hydrogens (tertiary/aromatic N) is 2. The summed E-state index contributed by atoms with van der Waals surface area (Å²) < 4.78 is 0.731. The van der Waals surface area contributed by atoms with Crippen LogP contribution < -0.4 is 5.32 Å². The lowest BCUT2D eigenvalue weighted by molar-refractivity contribution is -0.112. The minimum absolute atomic E-state index is 0.311. The Morgan fingerprint density at radius 1 is 1.07 bits per heavy atom. The van der Waals surface area contributed by atoms with E-state index in [0.29, 0.717) is 16.4 Å². The van der Waals surface area contributed by atoms with Crippen LogP contribution in [0, 0.1) is 6.92 Å². The Balaban J connectivity index is 1.44. The van der Waals surface area contributed by atoms with Gasteiger partial charge in [-0.05, 0) is 18.6 Å². The predicted molar refractivity (Wildman–Crippen MR) is 112 cm³/mol. The van der Waals surface area contributed by atoms with Crippen LogP contribution in [0.1, 0.15) is 21.6 Å². The van der Waals surface area contributed by atoms with Gasteiger partial charge in [0.25, 0.3) is 11.7 Å². The van der Waals surface area contributed by atoms with Crippen molar-refractivity contribution in [2.75, 3.05) is 5.32 Å². The van der Waals surface area contributed by atoms with E-state index in [1.807, 2.05) is 54.6 Å². The number of thioether (sulfide) groups is 1. The molecule has 2 aromatic heterocycles. The van der Waals surface area contributed by atoms with Crippen LogP contribution in [-0.4, -0.2) is 26.9 Å². The van der Waals surface area contributed by atoms with Crippen LogP contribution in [0.2, 0.25) is 0 Å². The van der Waals surface area contributed by atoms with Crippen molar-refractivity contribution in [3.05, 3.63) is 71.4 Å². The summed E-state index contributed by atoms with van der Waals surface area (Å²) in [7, 11) is 0. The molecule has 0 fully saturated rings. The van der Waals surface area contributed by atoms with Crippen molar-refractivity contribution in [2.45, 2.75) is 17.0 Å². The third-order valence-electron chi connectivity index (χ3n) is 4.16. The van der Waals surface area contributed by atoms with E-state index in [4.69, 9.17) is 0 Å². The van der Waals surface area contributed by atoms with Crippen LogP contribution in [0.4, 0.5) is 5.13 Å². The van der Waals surface area contributed by atoms with E-state index in [1.54, 1.807) is 6.92 Å².